The number of nitrogens with one attached hydrogen (secondary N) is 1. The molecule has 2 fully saturated rings. The molecular formula is C26H26FN7O3. The lowest BCUT2D eigenvalue weighted by molar-refractivity contribution is -0.136. The second kappa shape index (κ2) is 9.40. The number of hydrogen-bond donors (Lipinski definition) is 1. The minimum Gasteiger partial charge on any atom is -0.369 e. The van der Waals surface area contributed by atoms with Gasteiger partial charge in [0, 0.05) is 62.5 Å². The Morgan fingerprint density at radius 2 is 1.81 bits per heavy atom. The summed E-state index contributed by atoms with van der Waals surface area (Å²) in [5.41, 5.74) is 3.89. The second-order valence-electron chi connectivity index (χ2n) is 9.62. The van der Waals surface area contributed by atoms with E-state index in [0.717, 1.165) is 30.9 Å². The van der Waals surface area contributed by atoms with Gasteiger partial charge in [0.25, 0.3) is 5.91 Å². The molecule has 190 valence electrons. The number of hydrogen-bond acceptors (Lipinski definition) is 7. The van der Waals surface area contributed by atoms with Gasteiger partial charge in [0.15, 0.2) is 0 Å². The highest BCUT2D eigenvalue weighted by Crippen LogP contribution is 2.35. The Bertz CT molecular complexity index is 1350. The van der Waals surface area contributed by atoms with E-state index in [1.54, 1.807) is 11.0 Å². The zero-order valence-electron chi connectivity index (χ0n) is 20.1. The first kappa shape index (κ1) is 23.3. The standard InChI is InChI=1S/C26H26FN7O3/c27-18-11-20-21(14-33(26(20)37)22-5-6-24(35)30-25(22)36)23(12-18)32-9-7-31(8-10-32)13-17-1-3-19(4-2-17)34-16-28-15-29-34/h1-4,11-12,15-16,22H,5-10,13-14H2,(H,30,35,36). The van der Waals surface area contributed by atoms with Crippen molar-refractivity contribution in [3.63, 3.8) is 0 Å². The molecule has 1 aromatic heterocycles. The zero-order chi connectivity index (χ0) is 25.5. The monoisotopic (exact) mass is 503 g/mol. The average Bonchev–Trinajstić information content (AvgIpc) is 3.54. The minimum absolute atomic E-state index is 0.183. The third kappa shape index (κ3) is 4.46. The van der Waals surface area contributed by atoms with Crippen molar-refractivity contribution >= 4 is 23.4 Å². The molecule has 2 saturated heterocycles. The van der Waals surface area contributed by atoms with E-state index in [1.165, 1.54) is 28.9 Å². The van der Waals surface area contributed by atoms with Crippen LogP contribution in [0.2, 0.25) is 0 Å². The third-order valence-corrected chi connectivity index (χ3v) is 7.34. The Hall–Kier alpha value is -4.12. The number of halogens is 1. The van der Waals surface area contributed by atoms with Gasteiger partial charge in [-0.3, -0.25) is 24.6 Å². The molecule has 1 atom stereocenters. The van der Waals surface area contributed by atoms with Crippen molar-refractivity contribution in [2.75, 3.05) is 31.1 Å². The molecule has 1 N–H and O–H groups in total. The lowest BCUT2D eigenvalue weighted by Gasteiger charge is -2.37. The van der Waals surface area contributed by atoms with Gasteiger partial charge in [-0.25, -0.2) is 14.1 Å². The van der Waals surface area contributed by atoms with Crippen LogP contribution in [0.15, 0.2) is 49.1 Å². The Morgan fingerprint density at radius 1 is 1.03 bits per heavy atom. The number of imide groups is 1. The molecule has 2 aromatic carbocycles. The normalized spacial score (nSPS) is 20.4. The van der Waals surface area contributed by atoms with Crippen molar-refractivity contribution in [3.05, 3.63) is 71.6 Å². The SMILES string of the molecule is O=C1CCC(N2Cc3c(cc(F)cc3N3CCN(Cc4ccc(-n5cncn5)cc4)CC3)C2=O)C(=O)N1. The fourth-order valence-corrected chi connectivity index (χ4v) is 5.39. The molecule has 37 heavy (non-hydrogen) atoms. The highest BCUT2D eigenvalue weighted by molar-refractivity contribution is 6.06. The molecular weight excluding hydrogens is 477 g/mol. The summed E-state index contributed by atoms with van der Waals surface area (Å²) in [6, 6.07) is 10.2. The van der Waals surface area contributed by atoms with Crippen LogP contribution >= 0.6 is 0 Å². The predicted molar refractivity (Wildman–Crippen MR) is 131 cm³/mol. The van der Waals surface area contributed by atoms with E-state index in [1.807, 2.05) is 12.1 Å². The van der Waals surface area contributed by atoms with Crippen LogP contribution in [0.1, 0.15) is 34.3 Å². The number of anilines is 1. The van der Waals surface area contributed by atoms with E-state index in [9.17, 15) is 18.8 Å². The lowest BCUT2D eigenvalue weighted by atomic mass is 10.0. The highest BCUT2D eigenvalue weighted by Gasteiger charge is 2.41. The van der Waals surface area contributed by atoms with Gasteiger partial charge < -0.3 is 9.80 Å². The third-order valence-electron chi connectivity index (χ3n) is 7.34. The molecule has 0 radical (unpaired) electrons. The van der Waals surface area contributed by atoms with E-state index in [4.69, 9.17) is 0 Å². The van der Waals surface area contributed by atoms with Gasteiger partial charge in [-0.15, -0.1) is 0 Å². The molecule has 3 aliphatic heterocycles. The summed E-state index contributed by atoms with van der Waals surface area (Å²) in [7, 11) is 0. The number of piperidine rings is 1. The first-order chi connectivity index (χ1) is 18.0. The van der Waals surface area contributed by atoms with Crippen molar-refractivity contribution in [3.8, 4) is 5.69 Å². The largest absolute Gasteiger partial charge is 0.369 e. The molecule has 0 bridgehead atoms. The minimum atomic E-state index is -0.721. The smallest absolute Gasteiger partial charge is 0.255 e. The van der Waals surface area contributed by atoms with Gasteiger partial charge in [0.05, 0.1) is 5.69 Å². The van der Waals surface area contributed by atoms with Crippen LogP contribution < -0.4 is 10.2 Å². The number of amides is 3. The summed E-state index contributed by atoms with van der Waals surface area (Å²) in [6.07, 6.45) is 3.63. The number of nitrogens with zero attached hydrogens (tertiary/aromatic N) is 6. The van der Waals surface area contributed by atoms with Crippen molar-refractivity contribution in [2.45, 2.75) is 32.0 Å². The summed E-state index contributed by atoms with van der Waals surface area (Å²) < 4.78 is 16.3. The van der Waals surface area contributed by atoms with E-state index < -0.39 is 17.8 Å². The lowest BCUT2D eigenvalue weighted by Crippen LogP contribution is -2.52. The molecule has 4 heterocycles. The molecule has 3 aliphatic rings. The van der Waals surface area contributed by atoms with Crippen molar-refractivity contribution < 1.29 is 18.8 Å². The molecule has 0 spiro atoms. The van der Waals surface area contributed by atoms with Crippen molar-refractivity contribution in [1.29, 1.82) is 0 Å². The van der Waals surface area contributed by atoms with E-state index in [-0.39, 0.29) is 31.2 Å². The molecule has 0 saturated carbocycles. The average molecular weight is 504 g/mol. The predicted octanol–water partition coefficient (Wildman–Crippen LogP) is 1.49. The number of carbonyl (C=O) groups excluding carboxylic acids is 3. The fraction of sp³-hybridized carbons (Fsp3) is 0.346. The molecule has 3 amide bonds. The number of fused-ring (bicyclic) bond motifs is 1. The highest BCUT2D eigenvalue weighted by atomic mass is 19.1. The number of piperazine rings is 1. The van der Waals surface area contributed by atoms with E-state index >= 15 is 0 Å². The van der Waals surface area contributed by atoms with Gasteiger partial charge in [-0.05, 0) is 36.2 Å². The number of benzene rings is 2. The van der Waals surface area contributed by atoms with E-state index in [2.05, 4.69) is 37.3 Å². The van der Waals surface area contributed by atoms with Crippen molar-refractivity contribution in [2.24, 2.45) is 0 Å². The summed E-state index contributed by atoms with van der Waals surface area (Å²) in [4.78, 5) is 47.0. The molecule has 3 aromatic rings. The van der Waals surface area contributed by atoms with Crippen LogP contribution in [-0.4, -0.2) is 74.5 Å². The van der Waals surface area contributed by atoms with Gasteiger partial charge in [0.2, 0.25) is 11.8 Å². The molecule has 0 aliphatic carbocycles. The maximum Gasteiger partial charge on any atom is 0.255 e. The first-order valence-electron chi connectivity index (χ1n) is 12.3. The zero-order valence-corrected chi connectivity index (χ0v) is 20.1. The molecule has 1 unspecified atom stereocenters. The van der Waals surface area contributed by atoms with Crippen LogP contribution in [0.3, 0.4) is 0 Å². The fourth-order valence-electron chi connectivity index (χ4n) is 5.39. The van der Waals surface area contributed by atoms with Crippen molar-refractivity contribution in [1.82, 2.24) is 29.9 Å². The van der Waals surface area contributed by atoms with E-state index in [0.29, 0.717) is 24.3 Å². The van der Waals surface area contributed by atoms with Crippen LogP contribution in [0.4, 0.5) is 10.1 Å². The topological polar surface area (TPSA) is 104 Å². The number of aromatic nitrogens is 3. The Kier molecular flexibility index (Phi) is 5.91. The number of rotatable bonds is 5. The Morgan fingerprint density at radius 3 is 2.51 bits per heavy atom. The van der Waals surface area contributed by atoms with Crippen LogP contribution in [0.5, 0.6) is 0 Å². The van der Waals surface area contributed by atoms with Crippen LogP contribution in [0, 0.1) is 5.82 Å². The molecule has 10 nitrogen and oxygen atoms in total. The maximum atomic E-state index is 14.6. The summed E-state index contributed by atoms with van der Waals surface area (Å²) in [6.45, 7) is 4.00. The van der Waals surface area contributed by atoms with Gasteiger partial charge in [0.1, 0.15) is 24.5 Å². The summed E-state index contributed by atoms with van der Waals surface area (Å²) in [5, 5.41) is 6.46. The Labute approximate surface area is 212 Å². The molecule has 11 heteroatoms. The maximum absolute atomic E-state index is 14.6. The van der Waals surface area contributed by atoms with Gasteiger partial charge >= 0.3 is 0 Å². The molecule has 6 rings (SSSR count). The summed E-state index contributed by atoms with van der Waals surface area (Å²) >= 11 is 0. The number of carbonyl (C=O) groups is 3. The summed E-state index contributed by atoms with van der Waals surface area (Å²) in [5.74, 6) is -1.64. The van der Waals surface area contributed by atoms with Gasteiger partial charge in [-0.1, -0.05) is 12.1 Å². The van der Waals surface area contributed by atoms with Crippen LogP contribution in [0.25, 0.3) is 5.69 Å². The van der Waals surface area contributed by atoms with Gasteiger partial charge in [-0.2, -0.15) is 5.10 Å². The van der Waals surface area contributed by atoms with Crippen LogP contribution in [-0.2, 0) is 22.7 Å². The Balaban J connectivity index is 1.13. The second-order valence-corrected chi connectivity index (χ2v) is 9.62. The quantitative estimate of drug-likeness (QED) is 0.526. The first-order valence-corrected chi connectivity index (χ1v) is 12.3.